The van der Waals surface area contributed by atoms with Crippen LogP contribution in [0.4, 0.5) is 0 Å². The minimum absolute atomic E-state index is 0.153. The number of hydrogen-bond acceptors (Lipinski definition) is 3. The zero-order valence-electron chi connectivity index (χ0n) is 10.3. The van der Waals surface area contributed by atoms with Crippen molar-refractivity contribution in [1.82, 2.24) is 5.32 Å². The molecule has 0 saturated heterocycles. The van der Waals surface area contributed by atoms with Crippen LogP contribution < -0.4 is 5.32 Å². The fraction of sp³-hybridized carbons (Fsp3) is 0.385. The summed E-state index contributed by atoms with van der Waals surface area (Å²) in [7, 11) is 0. The first kappa shape index (κ1) is 13.2. The Bertz CT molecular complexity index is 402. The molecule has 1 atom stereocenters. The molecule has 1 aromatic carbocycles. The van der Waals surface area contributed by atoms with Crippen molar-refractivity contribution in [3.05, 3.63) is 35.9 Å². The van der Waals surface area contributed by atoms with Crippen LogP contribution in [0.2, 0.25) is 0 Å². The second kappa shape index (κ2) is 5.48. The molecule has 0 aliphatic rings. The van der Waals surface area contributed by atoms with Gasteiger partial charge in [0.2, 0.25) is 5.91 Å². The number of carbonyl (C=O) groups is 2. The van der Waals surface area contributed by atoms with Crippen LogP contribution in [0.25, 0.3) is 0 Å². The molecule has 0 radical (unpaired) electrons. The van der Waals surface area contributed by atoms with Gasteiger partial charge in [-0.3, -0.25) is 9.59 Å². The van der Waals surface area contributed by atoms with Gasteiger partial charge in [0.25, 0.3) is 0 Å². The van der Waals surface area contributed by atoms with Gasteiger partial charge in [-0.15, -0.1) is 0 Å². The van der Waals surface area contributed by atoms with Gasteiger partial charge >= 0.3 is 5.97 Å². The van der Waals surface area contributed by atoms with Gasteiger partial charge < -0.3 is 10.1 Å². The number of esters is 1. The Balaban J connectivity index is 2.93. The summed E-state index contributed by atoms with van der Waals surface area (Å²) in [5, 5.41) is 2.67. The normalized spacial score (nSPS) is 13.6. The molecule has 0 aliphatic carbocycles. The molecule has 0 unspecified atom stereocenters. The maximum atomic E-state index is 11.1. The van der Waals surface area contributed by atoms with E-state index in [1.54, 1.807) is 6.92 Å². The van der Waals surface area contributed by atoms with Crippen molar-refractivity contribution >= 4 is 11.9 Å². The molecule has 0 fully saturated rings. The second-order valence-electron chi connectivity index (χ2n) is 4.10. The largest absolute Gasteiger partial charge is 0.453 e. The molecular weight excluding hydrogens is 218 g/mol. The molecule has 0 saturated carbocycles. The Morgan fingerprint density at radius 1 is 1.24 bits per heavy atom. The highest BCUT2D eigenvalue weighted by Gasteiger charge is 2.30. The van der Waals surface area contributed by atoms with Gasteiger partial charge in [-0.05, 0) is 12.5 Å². The highest BCUT2D eigenvalue weighted by Crippen LogP contribution is 2.24. The fourth-order valence-electron chi connectivity index (χ4n) is 1.60. The standard InChI is InChI=1S/C13H17NO3/c1-10(15)14-9-13(3,17-11(2)16)12-7-5-4-6-8-12/h4-8H,9H2,1-3H3,(H,14,15)/t13-/m1/s1. The second-order valence-corrected chi connectivity index (χ2v) is 4.10. The third kappa shape index (κ3) is 3.90. The lowest BCUT2D eigenvalue weighted by Gasteiger charge is -2.29. The maximum absolute atomic E-state index is 11.1. The molecule has 1 rings (SSSR count). The third-order valence-corrected chi connectivity index (χ3v) is 2.43. The first-order valence-corrected chi connectivity index (χ1v) is 5.43. The van der Waals surface area contributed by atoms with E-state index in [9.17, 15) is 9.59 Å². The van der Waals surface area contributed by atoms with Crippen molar-refractivity contribution in [2.24, 2.45) is 0 Å². The third-order valence-electron chi connectivity index (χ3n) is 2.43. The van der Waals surface area contributed by atoms with Gasteiger partial charge in [0.15, 0.2) is 5.60 Å². The number of hydrogen-bond donors (Lipinski definition) is 1. The van der Waals surface area contributed by atoms with E-state index in [4.69, 9.17) is 4.74 Å². The molecule has 0 heterocycles. The van der Waals surface area contributed by atoms with E-state index in [1.165, 1.54) is 13.8 Å². The summed E-state index contributed by atoms with van der Waals surface area (Å²) in [6.45, 7) is 4.82. The molecule has 0 spiro atoms. The van der Waals surface area contributed by atoms with E-state index in [2.05, 4.69) is 5.32 Å². The van der Waals surface area contributed by atoms with E-state index >= 15 is 0 Å². The van der Waals surface area contributed by atoms with Gasteiger partial charge in [-0.2, -0.15) is 0 Å². The number of ether oxygens (including phenoxy) is 1. The molecular formula is C13H17NO3. The molecule has 17 heavy (non-hydrogen) atoms. The summed E-state index contributed by atoms with van der Waals surface area (Å²) in [6.07, 6.45) is 0. The maximum Gasteiger partial charge on any atom is 0.303 e. The summed E-state index contributed by atoms with van der Waals surface area (Å²) < 4.78 is 5.32. The van der Waals surface area contributed by atoms with Crippen molar-refractivity contribution in [3.63, 3.8) is 0 Å². The van der Waals surface area contributed by atoms with Gasteiger partial charge in [-0.25, -0.2) is 0 Å². The topological polar surface area (TPSA) is 55.4 Å². The smallest absolute Gasteiger partial charge is 0.303 e. The monoisotopic (exact) mass is 235 g/mol. The number of rotatable bonds is 4. The average molecular weight is 235 g/mol. The quantitative estimate of drug-likeness (QED) is 0.806. The zero-order valence-corrected chi connectivity index (χ0v) is 10.3. The van der Waals surface area contributed by atoms with Crippen molar-refractivity contribution in [1.29, 1.82) is 0 Å². The average Bonchev–Trinajstić information content (AvgIpc) is 2.27. The minimum Gasteiger partial charge on any atom is -0.453 e. The Labute approximate surface area is 101 Å². The fourth-order valence-corrected chi connectivity index (χ4v) is 1.60. The van der Waals surface area contributed by atoms with Crippen LogP contribution in [0.5, 0.6) is 0 Å². The zero-order chi connectivity index (χ0) is 12.9. The van der Waals surface area contributed by atoms with Crippen molar-refractivity contribution in [3.8, 4) is 0 Å². The van der Waals surface area contributed by atoms with E-state index in [0.29, 0.717) is 0 Å². The van der Waals surface area contributed by atoms with Crippen LogP contribution in [0.1, 0.15) is 26.3 Å². The summed E-state index contributed by atoms with van der Waals surface area (Å²) in [6, 6.07) is 9.35. The predicted octanol–water partition coefficient (Wildman–Crippen LogP) is 1.60. The molecule has 1 aromatic rings. The van der Waals surface area contributed by atoms with E-state index < -0.39 is 5.60 Å². The minimum atomic E-state index is -0.835. The number of benzene rings is 1. The molecule has 0 aliphatic heterocycles. The summed E-state index contributed by atoms with van der Waals surface area (Å²) in [5.41, 5.74) is 0.0163. The van der Waals surface area contributed by atoms with Gasteiger partial charge in [0, 0.05) is 13.8 Å². The molecule has 4 heteroatoms. The Kier molecular flexibility index (Phi) is 4.26. The molecule has 1 N–H and O–H groups in total. The summed E-state index contributed by atoms with van der Waals surface area (Å²) in [4.78, 5) is 22.1. The van der Waals surface area contributed by atoms with Crippen molar-refractivity contribution < 1.29 is 14.3 Å². The van der Waals surface area contributed by atoms with Gasteiger partial charge in [0.05, 0.1) is 6.54 Å². The molecule has 4 nitrogen and oxygen atoms in total. The van der Waals surface area contributed by atoms with Crippen LogP contribution >= 0.6 is 0 Å². The first-order valence-electron chi connectivity index (χ1n) is 5.43. The number of amides is 1. The van der Waals surface area contributed by atoms with Crippen molar-refractivity contribution in [2.75, 3.05) is 6.54 Å². The van der Waals surface area contributed by atoms with E-state index in [-0.39, 0.29) is 18.4 Å². The van der Waals surface area contributed by atoms with Crippen molar-refractivity contribution in [2.45, 2.75) is 26.4 Å². The van der Waals surface area contributed by atoms with E-state index in [1.807, 2.05) is 30.3 Å². The highest BCUT2D eigenvalue weighted by molar-refractivity contribution is 5.73. The van der Waals surface area contributed by atoms with Crippen LogP contribution in [0, 0.1) is 0 Å². The lowest BCUT2D eigenvalue weighted by Crippen LogP contribution is -2.41. The number of nitrogens with one attached hydrogen (secondary N) is 1. The summed E-state index contributed by atoms with van der Waals surface area (Å²) >= 11 is 0. The van der Waals surface area contributed by atoms with Gasteiger partial charge in [0.1, 0.15) is 0 Å². The predicted molar refractivity (Wildman–Crippen MR) is 64.2 cm³/mol. The first-order chi connectivity index (χ1) is 7.94. The Morgan fingerprint density at radius 3 is 2.29 bits per heavy atom. The van der Waals surface area contributed by atoms with Crippen LogP contribution in [0.3, 0.4) is 0 Å². The highest BCUT2D eigenvalue weighted by atomic mass is 16.6. The molecule has 0 aromatic heterocycles. The Morgan fingerprint density at radius 2 is 1.82 bits per heavy atom. The molecule has 0 bridgehead atoms. The SMILES string of the molecule is CC(=O)NC[C@@](C)(OC(C)=O)c1ccccc1. The van der Waals surface area contributed by atoms with Crippen LogP contribution in [0.15, 0.2) is 30.3 Å². The van der Waals surface area contributed by atoms with Crippen LogP contribution in [-0.2, 0) is 19.9 Å². The Hall–Kier alpha value is -1.84. The van der Waals surface area contributed by atoms with E-state index in [0.717, 1.165) is 5.56 Å². The lowest BCUT2D eigenvalue weighted by molar-refractivity contribution is -0.156. The summed E-state index contributed by atoms with van der Waals surface area (Å²) in [5.74, 6) is -0.527. The molecule has 92 valence electrons. The number of carbonyl (C=O) groups excluding carboxylic acids is 2. The van der Waals surface area contributed by atoms with Gasteiger partial charge in [-0.1, -0.05) is 30.3 Å². The van der Waals surface area contributed by atoms with Crippen LogP contribution in [-0.4, -0.2) is 18.4 Å². The molecule has 1 amide bonds. The lowest BCUT2D eigenvalue weighted by atomic mass is 9.95.